The predicted molar refractivity (Wildman–Crippen MR) is 93.7 cm³/mol. The van der Waals surface area contributed by atoms with Crippen LogP contribution in [0.15, 0.2) is 24.3 Å². The highest BCUT2D eigenvalue weighted by Gasteiger charge is 2.49. The average Bonchev–Trinajstić information content (AvgIpc) is 3.41. The average molecular weight is 364 g/mol. The van der Waals surface area contributed by atoms with Gasteiger partial charge < -0.3 is 15.1 Å². The van der Waals surface area contributed by atoms with E-state index in [4.69, 9.17) is 11.6 Å². The fourth-order valence-corrected chi connectivity index (χ4v) is 3.39. The summed E-state index contributed by atoms with van der Waals surface area (Å²) in [6, 6.07) is 7.37. The largest absolute Gasteiger partial charge is 0.352 e. The van der Waals surface area contributed by atoms with Crippen molar-refractivity contribution in [1.29, 1.82) is 0 Å². The molecule has 2 unspecified atom stereocenters. The van der Waals surface area contributed by atoms with E-state index < -0.39 is 0 Å². The molecule has 2 atom stereocenters. The molecule has 1 aliphatic carbocycles. The lowest BCUT2D eigenvalue weighted by Gasteiger charge is -2.34. The first-order valence-corrected chi connectivity index (χ1v) is 8.90. The monoisotopic (exact) mass is 363 g/mol. The van der Waals surface area contributed by atoms with E-state index in [0.717, 1.165) is 5.56 Å². The number of nitrogens with zero attached hydrogens (tertiary/aromatic N) is 2. The summed E-state index contributed by atoms with van der Waals surface area (Å²) in [6.07, 6.45) is 0.597. The molecule has 1 N–H and O–H groups in total. The molecule has 3 rings (SSSR count). The van der Waals surface area contributed by atoms with Gasteiger partial charge >= 0.3 is 0 Å². The van der Waals surface area contributed by atoms with Gasteiger partial charge in [0.1, 0.15) is 0 Å². The molecule has 2 fully saturated rings. The topological polar surface area (TPSA) is 69.7 Å². The zero-order chi connectivity index (χ0) is 18.0. The van der Waals surface area contributed by atoms with Crippen LogP contribution in [-0.4, -0.2) is 53.7 Å². The number of hydrogen-bond acceptors (Lipinski definition) is 3. The van der Waals surface area contributed by atoms with E-state index in [-0.39, 0.29) is 29.6 Å². The molecule has 3 amide bonds. The molecule has 1 aromatic rings. The summed E-state index contributed by atoms with van der Waals surface area (Å²) in [7, 11) is 0. The number of piperazine rings is 1. The molecule has 1 heterocycles. The molecule has 25 heavy (non-hydrogen) atoms. The Kier molecular flexibility index (Phi) is 5.27. The summed E-state index contributed by atoms with van der Waals surface area (Å²) >= 11 is 6.08. The number of benzene rings is 1. The maximum atomic E-state index is 12.5. The van der Waals surface area contributed by atoms with Gasteiger partial charge in [0.25, 0.3) is 0 Å². The van der Waals surface area contributed by atoms with Crippen LogP contribution in [0.3, 0.4) is 0 Å². The van der Waals surface area contributed by atoms with Crippen LogP contribution in [0.5, 0.6) is 0 Å². The van der Waals surface area contributed by atoms with Gasteiger partial charge in [0.15, 0.2) is 0 Å². The van der Waals surface area contributed by atoms with Crippen molar-refractivity contribution in [1.82, 2.24) is 15.1 Å². The number of hydrogen-bond donors (Lipinski definition) is 1. The fraction of sp³-hybridized carbons (Fsp3) is 0.500. The first-order valence-electron chi connectivity index (χ1n) is 8.53. The van der Waals surface area contributed by atoms with Crippen LogP contribution in [0.4, 0.5) is 0 Å². The number of halogens is 1. The van der Waals surface area contributed by atoms with Crippen molar-refractivity contribution in [2.45, 2.75) is 19.9 Å². The van der Waals surface area contributed by atoms with Crippen molar-refractivity contribution in [2.24, 2.45) is 11.8 Å². The highest BCUT2D eigenvalue weighted by molar-refractivity contribution is 6.31. The van der Waals surface area contributed by atoms with Crippen LogP contribution in [0.2, 0.25) is 5.02 Å². The van der Waals surface area contributed by atoms with Gasteiger partial charge in [0.05, 0.1) is 11.8 Å². The minimum absolute atomic E-state index is 0.0288. The number of rotatable bonds is 4. The van der Waals surface area contributed by atoms with E-state index in [9.17, 15) is 14.4 Å². The number of carbonyl (C=O) groups excluding carboxylic acids is 3. The predicted octanol–water partition coefficient (Wildman–Crippen LogP) is 1.28. The van der Waals surface area contributed by atoms with Gasteiger partial charge in [-0.05, 0) is 18.1 Å². The molecule has 1 saturated carbocycles. The van der Waals surface area contributed by atoms with E-state index in [1.54, 1.807) is 15.9 Å². The molecule has 1 aliphatic heterocycles. The third-order valence-corrected chi connectivity index (χ3v) is 5.26. The van der Waals surface area contributed by atoms with Gasteiger partial charge in [0, 0.05) is 44.7 Å². The molecule has 2 aliphatic rings. The van der Waals surface area contributed by atoms with Crippen molar-refractivity contribution in [3.8, 4) is 0 Å². The maximum absolute atomic E-state index is 12.5. The number of amides is 3. The number of carbonyl (C=O) groups is 3. The Morgan fingerprint density at radius 3 is 2.36 bits per heavy atom. The molecule has 7 heteroatoms. The highest BCUT2D eigenvalue weighted by Crippen LogP contribution is 2.40. The second kappa shape index (κ2) is 7.44. The molecule has 0 radical (unpaired) electrons. The molecule has 0 spiro atoms. The molecule has 1 saturated heterocycles. The molecule has 0 bridgehead atoms. The molecular formula is C18H22ClN3O3. The van der Waals surface area contributed by atoms with E-state index in [0.29, 0.717) is 44.2 Å². The zero-order valence-electron chi connectivity index (χ0n) is 14.2. The van der Waals surface area contributed by atoms with Gasteiger partial charge in [-0.2, -0.15) is 0 Å². The van der Waals surface area contributed by atoms with Crippen LogP contribution in [0.1, 0.15) is 18.9 Å². The standard InChI is InChI=1S/C18H22ClN3O3/c1-12(23)21-6-8-22(9-7-21)18(25)15-10-14(15)17(24)20-11-13-4-2-3-5-16(13)19/h2-5,14-15H,6-11H2,1H3,(H,20,24). The lowest BCUT2D eigenvalue weighted by molar-refractivity contribution is -0.140. The summed E-state index contributed by atoms with van der Waals surface area (Å²) in [5.41, 5.74) is 0.862. The smallest absolute Gasteiger partial charge is 0.226 e. The summed E-state index contributed by atoms with van der Waals surface area (Å²) in [5.74, 6) is -0.506. The van der Waals surface area contributed by atoms with Crippen LogP contribution in [0, 0.1) is 11.8 Å². The highest BCUT2D eigenvalue weighted by atomic mass is 35.5. The van der Waals surface area contributed by atoms with Crippen molar-refractivity contribution in [3.63, 3.8) is 0 Å². The molecule has 134 valence electrons. The Morgan fingerprint density at radius 2 is 1.72 bits per heavy atom. The van der Waals surface area contributed by atoms with Crippen molar-refractivity contribution in [3.05, 3.63) is 34.9 Å². The second-order valence-electron chi connectivity index (χ2n) is 6.59. The van der Waals surface area contributed by atoms with Crippen molar-refractivity contribution >= 4 is 29.3 Å². The Morgan fingerprint density at radius 1 is 1.08 bits per heavy atom. The first kappa shape index (κ1) is 17.7. The van der Waals surface area contributed by atoms with Crippen LogP contribution in [0.25, 0.3) is 0 Å². The maximum Gasteiger partial charge on any atom is 0.226 e. The van der Waals surface area contributed by atoms with Gasteiger partial charge in [-0.3, -0.25) is 14.4 Å². The van der Waals surface area contributed by atoms with Gasteiger partial charge in [-0.1, -0.05) is 29.8 Å². The summed E-state index contributed by atoms with van der Waals surface area (Å²) < 4.78 is 0. The third-order valence-electron chi connectivity index (χ3n) is 4.89. The Balaban J connectivity index is 1.46. The van der Waals surface area contributed by atoms with Crippen molar-refractivity contribution in [2.75, 3.05) is 26.2 Å². The summed E-state index contributed by atoms with van der Waals surface area (Å²) in [5, 5.41) is 3.48. The normalized spacial score (nSPS) is 22.5. The molecule has 0 aromatic heterocycles. The van der Waals surface area contributed by atoms with Gasteiger partial charge in [0.2, 0.25) is 17.7 Å². The van der Waals surface area contributed by atoms with E-state index in [1.807, 2.05) is 18.2 Å². The van der Waals surface area contributed by atoms with Crippen LogP contribution >= 0.6 is 11.6 Å². The van der Waals surface area contributed by atoms with Gasteiger partial charge in [-0.25, -0.2) is 0 Å². The van der Waals surface area contributed by atoms with Gasteiger partial charge in [-0.15, -0.1) is 0 Å². The van der Waals surface area contributed by atoms with E-state index in [1.165, 1.54) is 6.92 Å². The first-order chi connectivity index (χ1) is 12.0. The Labute approximate surface area is 152 Å². The van der Waals surface area contributed by atoms with E-state index >= 15 is 0 Å². The lowest BCUT2D eigenvalue weighted by Crippen LogP contribution is -2.50. The lowest BCUT2D eigenvalue weighted by atomic mass is 10.2. The Bertz CT molecular complexity index is 686. The summed E-state index contributed by atoms with van der Waals surface area (Å²) in [6.45, 7) is 4.13. The summed E-state index contributed by atoms with van der Waals surface area (Å²) in [4.78, 5) is 39.6. The van der Waals surface area contributed by atoms with Crippen LogP contribution < -0.4 is 5.32 Å². The van der Waals surface area contributed by atoms with Crippen molar-refractivity contribution < 1.29 is 14.4 Å². The number of nitrogens with one attached hydrogen (secondary N) is 1. The SMILES string of the molecule is CC(=O)N1CCN(C(=O)C2CC2C(=O)NCc2ccccc2Cl)CC1. The minimum Gasteiger partial charge on any atom is -0.352 e. The zero-order valence-corrected chi connectivity index (χ0v) is 15.0. The second-order valence-corrected chi connectivity index (χ2v) is 7.00. The van der Waals surface area contributed by atoms with Crippen LogP contribution in [-0.2, 0) is 20.9 Å². The Hall–Kier alpha value is -2.08. The molecular weight excluding hydrogens is 342 g/mol. The molecule has 1 aromatic carbocycles. The van der Waals surface area contributed by atoms with E-state index in [2.05, 4.69) is 5.32 Å². The minimum atomic E-state index is -0.249. The quantitative estimate of drug-likeness (QED) is 0.876. The third kappa shape index (κ3) is 4.12. The fourth-order valence-electron chi connectivity index (χ4n) is 3.19. The molecule has 6 nitrogen and oxygen atoms in total.